The molecule has 0 aliphatic rings. The minimum Gasteiger partial charge on any atom is -0.458 e. The van der Waals surface area contributed by atoms with Crippen molar-refractivity contribution >= 4 is 16.9 Å². The number of benzene rings is 2. The highest BCUT2D eigenvalue weighted by atomic mass is 16.5. The molecule has 0 bridgehead atoms. The highest BCUT2D eigenvalue weighted by Gasteiger charge is 2.16. The Morgan fingerprint density at radius 3 is 2.53 bits per heavy atom. The molecular formula is C22H19N3O5. The molecule has 4 aromatic rings. The average molecular weight is 405 g/mol. The highest BCUT2D eigenvalue weighted by Crippen LogP contribution is 2.18. The number of nitrogens with zero attached hydrogens (tertiary/aromatic N) is 3. The standard InChI is InChI=1S/C22H19N3O5/c1-2-24-21(27)17-10-6-7-11-18(17)25(22(24)28)12-19(26)29-13-16-14-30-20(23-16)15-8-4-3-5-9-15/h3-11,14H,2,12-13H2,1H3. The van der Waals surface area contributed by atoms with E-state index in [2.05, 4.69) is 4.98 Å². The molecule has 0 saturated heterocycles. The number of ether oxygens (including phenoxy) is 1. The van der Waals surface area contributed by atoms with Crippen LogP contribution in [-0.2, 0) is 29.2 Å². The topological polar surface area (TPSA) is 96.3 Å². The van der Waals surface area contributed by atoms with Crippen molar-refractivity contribution in [3.8, 4) is 11.5 Å². The molecule has 152 valence electrons. The maximum absolute atomic E-state index is 12.7. The minimum absolute atomic E-state index is 0.0880. The third-order valence-electron chi connectivity index (χ3n) is 4.69. The Hall–Kier alpha value is -3.94. The van der Waals surface area contributed by atoms with Crippen molar-refractivity contribution in [2.75, 3.05) is 0 Å². The summed E-state index contributed by atoms with van der Waals surface area (Å²) in [5, 5.41) is 0.371. The first-order chi connectivity index (χ1) is 14.6. The summed E-state index contributed by atoms with van der Waals surface area (Å²) in [5.74, 6) is -0.188. The second-order valence-electron chi connectivity index (χ2n) is 6.61. The first kappa shape index (κ1) is 19.4. The van der Waals surface area contributed by atoms with Gasteiger partial charge in [0.1, 0.15) is 25.1 Å². The zero-order chi connectivity index (χ0) is 21.1. The quantitative estimate of drug-likeness (QED) is 0.458. The Kier molecular flexibility index (Phi) is 5.30. The molecule has 0 fully saturated rings. The van der Waals surface area contributed by atoms with E-state index >= 15 is 0 Å². The van der Waals surface area contributed by atoms with Crippen molar-refractivity contribution in [3.63, 3.8) is 0 Å². The lowest BCUT2D eigenvalue weighted by atomic mass is 10.2. The summed E-state index contributed by atoms with van der Waals surface area (Å²) in [6, 6.07) is 16.0. The van der Waals surface area contributed by atoms with E-state index in [1.807, 2.05) is 30.3 Å². The number of hydrogen-bond donors (Lipinski definition) is 0. The van der Waals surface area contributed by atoms with Crippen LogP contribution in [0.2, 0.25) is 0 Å². The van der Waals surface area contributed by atoms with Crippen LogP contribution < -0.4 is 11.2 Å². The second kappa shape index (κ2) is 8.20. The number of carbonyl (C=O) groups excluding carboxylic acids is 1. The fraction of sp³-hybridized carbons (Fsp3) is 0.182. The zero-order valence-corrected chi connectivity index (χ0v) is 16.3. The van der Waals surface area contributed by atoms with Gasteiger partial charge in [0, 0.05) is 12.1 Å². The van der Waals surface area contributed by atoms with E-state index in [0.717, 1.165) is 10.1 Å². The third kappa shape index (κ3) is 3.67. The van der Waals surface area contributed by atoms with Gasteiger partial charge in [-0.1, -0.05) is 30.3 Å². The molecular weight excluding hydrogens is 386 g/mol. The largest absolute Gasteiger partial charge is 0.458 e. The zero-order valence-electron chi connectivity index (χ0n) is 16.3. The normalized spacial score (nSPS) is 11.0. The molecule has 4 rings (SSSR count). The van der Waals surface area contributed by atoms with Crippen molar-refractivity contribution < 1.29 is 13.9 Å². The Bertz CT molecular complexity index is 1320. The predicted molar refractivity (Wildman–Crippen MR) is 110 cm³/mol. The van der Waals surface area contributed by atoms with Crippen LogP contribution in [-0.4, -0.2) is 20.1 Å². The van der Waals surface area contributed by atoms with Crippen molar-refractivity contribution in [1.82, 2.24) is 14.1 Å². The Balaban J connectivity index is 1.53. The van der Waals surface area contributed by atoms with Gasteiger partial charge in [-0.3, -0.25) is 18.7 Å². The molecule has 0 atom stereocenters. The minimum atomic E-state index is -0.618. The van der Waals surface area contributed by atoms with Crippen LogP contribution in [0.25, 0.3) is 22.4 Å². The smallest absolute Gasteiger partial charge is 0.332 e. The molecule has 0 aliphatic heterocycles. The molecule has 0 unspecified atom stereocenters. The molecule has 0 spiro atoms. The van der Waals surface area contributed by atoms with Gasteiger partial charge in [-0.05, 0) is 31.2 Å². The number of aromatic nitrogens is 3. The van der Waals surface area contributed by atoms with Crippen LogP contribution >= 0.6 is 0 Å². The Morgan fingerprint density at radius 2 is 1.77 bits per heavy atom. The van der Waals surface area contributed by atoms with Crippen molar-refractivity contribution in [2.24, 2.45) is 0 Å². The van der Waals surface area contributed by atoms with E-state index in [9.17, 15) is 14.4 Å². The molecule has 2 aromatic heterocycles. The molecule has 0 amide bonds. The number of fused-ring (bicyclic) bond motifs is 1. The average Bonchev–Trinajstić information content (AvgIpc) is 3.25. The highest BCUT2D eigenvalue weighted by molar-refractivity contribution is 5.80. The number of rotatable bonds is 6. The lowest BCUT2D eigenvalue weighted by molar-refractivity contribution is -0.145. The summed E-state index contributed by atoms with van der Waals surface area (Å²) < 4.78 is 13.1. The fourth-order valence-electron chi connectivity index (χ4n) is 3.22. The Morgan fingerprint density at radius 1 is 1.03 bits per heavy atom. The summed E-state index contributed by atoms with van der Waals surface area (Å²) in [5.41, 5.74) is 0.736. The van der Waals surface area contributed by atoms with E-state index in [1.54, 1.807) is 31.2 Å². The van der Waals surface area contributed by atoms with E-state index in [-0.39, 0.29) is 25.3 Å². The molecule has 0 N–H and O–H groups in total. The SMILES string of the molecule is CCn1c(=O)c2ccccc2n(CC(=O)OCc2coc(-c3ccccc3)n2)c1=O. The summed E-state index contributed by atoms with van der Waals surface area (Å²) in [7, 11) is 0. The summed E-state index contributed by atoms with van der Waals surface area (Å²) in [4.78, 5) is 41.9. The van der Waals surface area contributed by atoms with Crippen LogP contribution in [0.1, 0.15) is 12.6 Å². The number of para-hydroxylation sites is 1. The van der Waals surface area contributed by atoms with E-state index in [4.69, 9.17) is 9.15 Å². The van der Waals surface area contributed by atoms with Gasteiger partial charge in [-0.25, -0.2) is 9.78 Å². The fourth-order valence-corrected chi connectivity index (χ4v) is 3.22. The maximum Gasteiger partial charge on any atom is 0.332 e. The number of hydrogen-bond acceptors (Lipinski definition) is 6. The van der Waals surface area contributed by atoms with Crippen LogP contribution in [0.4, 0.5) is 0 Å². The molecule has 2 heterocycles. The monoisotopic (exact) mass is 405 g/mol. The van der Waals surface area contributed by atoms with Gasteiger partial charge >= 0.3 is 11.7 Å². The van der Waals surface area contributed by atoms with Crippen molar-refractivity contribution in [2.45, 2.75) is 26.6 Å². The first-order valence-corrected chi connectivity index (χ1v) is 9.46. The van der Waals surface area contributed by atoms with Crippen LogP contribution in [0, 0.1) is 0 Å². The van der Waals surface area contributed by atoms with Crippen molar-refractivity contribution in [3.05, 3.63) is 87.4 Å². The lowest BCUT2D eigenvalue weighted by Gasteiger charge is -2.12. The van der Waals surface area contributed by atoms with Crippen molar-refractivity contribution in [1.29, 1.82) is 0 Å². The third-order valence-corrected chi connectivity index (χ3v) is 4.69. The van der Waals surface area contributed by atoms with Gasteiger partial charge in [-0.15, -0.1) is 0 Å². The molecule has 0 radical (unpaired) electrons. The van der Waals surface area contributed by atoms with Gasteiger partial charge in [0.25, 0.3) is 5.56 Å². The Labute approximate surface area is 171 Å². The van der Waals surface area contributed by atoms with E-state index < -0.39 is 11.7 Å². The molecule has 2 aromatic carbocycles. The molecule has 8 heteroatoms. The van der Waals surface area contributed by atoms with Gasteiger partial charge in [-0.2, -0.15) is 0 Å². The maximum atomic E-state index is 12.7. The number of esters is 1. The van der Waals surface area contributed by atoms with Gasteiger partial charge in [0.05, 0.1) is 10.9 Å². The van der Waals surface area contributed by atoms with Crippen LogP contribution in [0.5, 0.6) is 0 Å². The predicted octanol–water partition coefficient (Wildman–Crippen LogP) is 2.58. The molecule has 8 nitrogen and oxygen atoms in total. The summed E-state index contributed by atoms with van der Waals surface area (Å²) in [6.45, 7) is 1.51. The van der Waals surface area contributed by atoms with Gasteiger partial charge in [0.15, 0.2) is 0 Å². The summed E-state index contributed by atoms with van der Waals surface area (Å²) in [6.07, 6.45) is 1.43. The summed E-state index contributed by atoms with van der Waals surface area (Å²) >= 11 is 0. The van der Waals surface area contributed by atoms with Crippen LogP contribution in [0.15, 0.2) is 74.9 Å². The lowest BCUT2D eigenvalue weighted by Crippen LogP contribution is -2.40. The second-order valence-corrected chi connectivity index (χ2v) is 6.61. The number of carbonyl (C=O) groups is 1. The van der Waals surface area contributed by atoms with Crippen LogP contribution in [0.3, 0.4) is 0 Å². The van der Waals surface area contributed by atoms with Gasteiger partial charge < -0.3 is 9.15 Å². The van der Waals surface area contributed by atoms with E-state index in [1.165, 1.54) is 10.8 Å². The van der Waals surface area contributed by atoms with Gasteiger partial charge in [0.2, 0.25) is 5.89 Å². The molecule has 0 saturated carbocycles. The number of oxazole rings is 1. The first-order valence-electron chi connectivity index (χ1n) is 9.46. The molecule has 30 heavy (non-hydrogen) atoms. The molecule has 0 aliphatic carbocycles. The van der Waals surface area contributed by atoms with E-state index in [0.29, 0.717) is 22.5 Å².